The largest absolute Gasteiger partial charge is 0.484 e. The number of benzene rings is 1. The van der Waals surface area contributed by atoms with E-state index >= 15 is 0 Å². The second kappa shape index (κ2) is 9.39. The van der Waals surface area contributed by atoms with Crippen LogP contribution in [0.2, 0.25) is 5.02 Å². The molecule has 0 unspecified atom stereocenters. The summed E-state index contributed by atoms with van der Waals surface area (Å²) in [6, 6.07) is 9.32. The van der Waals surface area contributed by atoms with Gasteiger partial charge >= 0.3 is 5.97 Å². The predicted octanol–water partition coefficient (Wildman–Crippen LogP) is 3.10. The summed E-state index contributed by atoms with van der Waals surface area (Å²) >= 11 is 10.0. The first kappa shape index (κ1) is 19.2. The third-order valence-electron chi connectivity index (χ3n) is 3.15. The van der Waals surface area contributed by atoms with E-state index in [9.17, 15) is 9.59 Å². The molecular formula is C17H18ClNO5S. The highest BCUT2D eigenvalue weighted by Crippen LogP contribution is 2.24. The van der Waals surface area contributed by atoms with Crippen molar-refractivity contribution >= 4 is 36.1 Å². The molecule has 0 aliphatic carbocycles. The summed E-state index contributed by atoms with van der Waals surface area (Å²) in [5.74, 6) is 0.0746. The first-order valence-electron chi connectivity index (χ1n) is 7.59. The molecule has 8 heteroatoms. The zero-order valence-corrected chi connectivity index (χ0v) is 15.2. The van der Waals surface area contributed by atoms with E-state index in [4.69, 9.17) is 25.5 Å². The number of halogens is 1. The number of ether oxygens (including phenoxy) is 2. The van der Waals surface area contributed by atoms with Crippen molar-refractivity contribution in [2.45, 2.75) is 19.6 Å². The lowest BCUT2D eigenvalue weighted by atomic mass is 10.3. The van der Waals surface area contributed by atoms with Gasteiger partial charge in [-0.05, 0) is 31.2 Å². The van der Waals surface area contributed by atoms with Crippen LogP contribution in [0.3, 0.4) is 0 Å². The van der Waals surface area contributed by atoms with Crippen LogP contribution in [0.5, 0.6) is 5.75 Å². The normalized spacial score (nSPS) is 11.6. The Bertz CT molecular complexity index is 733. The molecule has 0 fully saturated rings. The Morgan fingerprint density at radius 3 is 2.72 bits per heavy atom. The van der Waals surface area contributed by atoms with Gasteiger partial charge in [-0.15, -0.1) is 0 Å². The van der Waals surface area contributed by atoms with Crippen LogP contribution in [-0.2, 0) is 16.1 Å². The molecule has 25 heavy (non-hydrogen) atoms. The Morgan fingerprint density at radius 1 is 1.28 bits per heavy atom. The van der Waals surface area contributed by atoms with Crippen molar-refractivity contribution in [3.8, 4) is 5.75 Å². The molecule has 0 saturated carbocycles. The standard InChI is InChI=1S/C17H18ClNO5S/c1-2-22-17(21)13(10-25)19-16(20)15-8-7-11(24-15)9-23-14-6-4-3-5-12(14)18/h3-8,13,25H,2,9-10H2,1H3,(H,19,20)/t13-/m0/s1. The Morgan fingerprint density at radius 2 is 2.04 bits per heavy atom. The number of carbonyl (C=O) groups is 2. The van der Waals surface area contributed by atoms with Crippen LogP contribution in [0.15, 0.2) is 40.8 Å². The predicted molar refractivity (Wildman–Crippen MR) is 96.2 cm³/mol. The Labute approximate surface area is 155 Å². The summed E-state index contributed by atoms with van der Waals surface area (Å²) in [5, 5.41) is 3.00. The number of amides is 1. The number of carbonyl (C=O) groups excluding carboxylic acids is 2. The maximum Gasteiger partial charge on any atom is 0.329 e. The second-order valence-electron chi connectivity index (χ2n) is 4.95. The van der Waals surface area contributed by atoms with Gasteiger partial charge in [0.2, 0.25) is 0 Å². The van der Waals surface area contributed by atoms with Crippen molar-refractivity contribution in [3.05, 3.63) is 52.9 Å². The van der Waals surface area contributed by atoms with Gasteiger partial charge in [-0.3, -0.25) is 4.79 Å². The highest BCUT2D eigenvalue weighted by atomic mass is 35.5. The molecule has 2 aromatic rings. The third-order valence-corrected chi connectivity index (χ3v) is 3.83. The lowest BCUT2D eigenvalue weighted by Gasteiger charge is -2.14. The van der Waals surface area contributed by atoms with E-state index in [0.29, 0.717) is 16.5 Å². The molecule has 6 nitrogen and oxygen atoms in total. The molecule has 1 aromatic carbocycles. The summed E-state index contributed by atoms with van der Waals surface area (Å²) < 4.78 is 15.8. The number of nitrogens with one attached hydrogen (secondary N) is 1. The molecular weight excluding hydrogens is 366 g/mol. The summed E-state index contributed by atoms with van der Waals surface area (Å²) in [4.78, 5) is 23.8. The van der Waals surface area contributed by atoms with Gasteiger partial charge in [0.1, 0.15) is 24.2 Å². The maximum atomic E-state index is 12.2. The number of furan rings is 1. The SMILES string of the molecule is CCOC(=O)[C@H](CS)NC(=O)c1ccc(COc2ccccc2Cl)o1. The average molecular weight is 384 g/mol. The summed E-state index contributed by atoms with van der Waals surface area (Å²) in [7, 11) is 0. The van der Waals surface area contributed by atoms with Gasteiger partial charge in [-0.2, -0.15) is 12.6 Å². The fraction of sp³-hybridized carbons (Fsp3) is 0.294. The molecule has 0 radical (unpaired) electrons. The van der Waals surface area contributed by atoms with Gasteiger partial charge in [0, 0.05) is 5.75 Å². The minimum absolute atomic E-state index is 0.0637. The minimum atomic E-state index is -0.844. The first-order chi connectivity index (χ1) is 12.0. The quantitative estimate of drug-likeness (QED) is 0.541. The van der Waals surface area contributed by atoms with Crippen molar-refractivity contribution in [1.29, 1.82) is 0 Å². The van der Waals surface area contributed by atoms with E-state index in [1.54, 1.807) is 37.3 Å². The van der Waals surface area contributed by atoms with Gasteiger partial charge < -0.3 is 19.2 Å². The average Bonchev–Trinajstić information content (AvgIpc) is 3.08. The lowest BCUT2D eigenvalue weighted by Crippen LogP contribution is -2.43. The van der Waals surface area contributed by atoms with Crippen LogP contribution in [0.25, 0.3) is 0 Å². The van der Waals surface area contributed by atoms with E-state index < -0.39 is 17.9 Å². The van der Waals surface area contributed by atoms with Crippen molar-refractivity contribution < 1.29 is 23.5 Å². The second-order valence-corrected chi connectivity index (χ2v) is 5.72. The fourth-order valence-electron chi connectivity index (χ4n) is 1.94. The minimum Gasteiger partial charge on any atom is -0.484 e. The van der Waals surface area contributed by atoms with Crippen LogP contribution in [-0.4, -0.2) is 30.3 Å². The molecule has 1 atom stereocenters. The molecule has 1 amide bonds. The monoisotopic (exact) mass is 383 g/mol. The van der Waals surface area contributed by atoms with E-state index in [1.807, 2.05) is 0 Å². The molecule has 0 bridgehead atoms. The van der Waals surface area contributed by atoms with Gasteiger partial charge in [-0.25, -0.2) is 4.79 Å². The number of esters is 1. The number of para-hydroxylation sites is 1. The summed E-state index contributed by atoms with van der Waals surface area (Å²) in [6.07, 6.45) is 0. The molecule has 1 aromatic heterocycles. The van der Waals surface area contributed by atoms with Gasteiger partial charge in [0.15, 0.2) is 5.76 Å². The van der Waals surface area contributed by atoms with E-state index in [1.165, 1.54) is 6.07 Å². The topological polar surface area (TPSA) is 77.8 Å². The van der Waals surface area contributed by atoms with E-state index in [-0.39, 0.29) is 24.7 Å². The van der Waals surface area contributed by atoms with Crippen LogP contribution >= 0.6 is 24.2 Å². The van der Waals surface area contributed by atoms with Crippen molar-refractivity contribution in [2.24, 2.45) is 0 Å². The van der Waals surface area contributed by atoms with E-state index in [0.717, 1.165) is 0 Å². The van der Waals surface area contributed by atoms with Crippen LogP contribution in [0.4, 0.5) is 0 Å². The molecule has 134 valence electrons. The van der Waals surface area contributed by atoms with Gasteiger partial charge in [0.05, 0.1) is 11.6 Å². The zero-order chi connectivity index (χ0) is 18.2. The highest BCUT2D eigenvalue weighted by molar-refractivity contribution is 7.80. The summed E-state index contributed by atoms with van der Waals surface area (Å²) in [6.45, 7) is 2.03. The Balaban J connectivity index is 1.94. The zero-order valence-electron chi connectivity index (χ0n) is 13.5. The van der Waals surface area contributed by atoms with Crippen molar-refractivity contribution in [3.63, 3.8) is 0 Å². The number of hydrogen-bond donors (Lipinski definition) is 2. The Kier molecular flexibility index (Phi) is 7.21. The van der Waals surface area contributed by atoms with Crippen molar-refractivity contribution in [2.75, 3.05) is 12.4 Å². The van der Waals surface area contributed by atoms with Gasteiger partial charge in [0.25, 0.3) is 5.91 Å². The highest BCUT2D eigenvalue weighted by Gasteiger charge is 2.22. The smallest absolute Gasteiger partial charge is 0.329 e. The molecule has 2 rings (SSSR count). The number of rotatable bonds is 8. The number of thiol groups is 1. The van der Waals surface area contributed by atoms with Crippen LogP contribution in [0, 0.1) is 0 Å². The maximum absolute atomic E-state index is 12.2. The lowest BCUT2D eigenvalue weighted by molar-refractivity contribution is -0.144. The number of hydrogen-bond acceptors (Lipinski definition) is 6. The molecule has 1 N–H and O–H groups in total. The first-order valence-corrected chi connectivity index (χ1v) is 8.60. The van der Waals surface area contributed by atoms with E-state index in [2.05, 4.69) is 17.9 Å². The van der Waals surface area contributed by atoms with Crippen molar-refractivity contribution in [1.82, 2.24) is 5.32 Å². The fourth-order valence-corrected chi connectivity index (χ4v) is 2.37. The summed E-state index contributed by atoms with van der Waals surface area (Å²) in [5.41, 5.74) is 0. The molecule has 0 aliphatic heterocycles. The molecule has 0 aliphatic rings. The third kappa shape index (κ3) is 5.44. The molecule has 0 saturated heterocycles. The van der Waals surface area contributed by atoms with Gasteiger partial charge in [-0.1, -0.05) is 23.7 Å². The molecule has 1 heterocycles. The molecule has 0 spiro atoms. The van der Waals surface area contributed by atoms with Crippen LogP contribution in [0.1, 0.15) is 23.2 Å². The van der Waals surface area contributed by atoms with Crippen LogP contribution < -0.4 is 10.1 Å². The Hall–Kier alpha value is -2.12.